The van der Waals surface area contributed by atoms with Crippen molar-refractivity contribution in [3.05, 3.63) is 41.8 Å². The highest BCUT2D eigenvalue weighted by atomic mass is 16.5. The van der Waals surface area contributed by atoms with Crippen LogP contribution in [-0.2, 0) is 6.54 Å². The zero-order valence-corrected chi connectivity index (χ0v) is 9.01. The Bertz CT molecular complexity index is 522. The maximum atomic E-state index is 11.2. The van der Waals surface area contributed by atoms with Gasteiger partial charge in [0.1, 0.15) is 0 Å². The number of amides is 1. The highest BCUT2D eigenvalue weighted by Gasteiger charge is 2.08. The second kappa shape index (κ2) is 4.56. The van der Waals surface area contributed by atoms with Crippen molar-refractivity contribution >= 4 is 17.3 Å². The molecule has 0 atom stereocenters. The van der Waals surface area contributed by atoms with Crippen LogP contribution in [-0.4, -0.2) is 11.1 Å². The number of nitrogens with zero attached hydrogens (tertiary/aromatic N) is 1. The molecule has 0 spiro atoms. The molecule has 0 bridgehead atoms. The number of nitrogens with two attached hydrogens (primary N) is 2. The number of carbonyl (C=O) groups is 1. The van der Waals surface area contributed by atoms with Crippen molar-refractivity contribution < 1.29 is 9.32 Å². The first kappa shape index (κ1) is 11.0. The van der Waals surface area contributed by atoms with Crippen LogP contribution >= 0.6 is 0 Å². The number of primary amides is 1. The molecule has 1 aromatic heterocycles. The van der Waals surface area contributed by atoms with Gasteiger partial charge in [-0.1, -0.05) is 5.16 Å². The van der Waals surface area contributed by atoms with Crippen LogP contribution in [0.3, 0.4) is 0 Å². The van der Waals surface area contributed by atoms with E-state index in [1.807, 2.05) is 0 Å². The van der Waals surface area contributed by atoms with E-state index in [1.165, 1.54) is 0 Å². The molecule has 1 amide bonds. The molecule has 2 rings (SSSR count). The highest BCUT2D eigenvalue weighted by molar-refractivity contribution is 5.99. The van der Waals surface area contributed by atoms with Gasteiger partial charge in [0.25, 0.3) is 5.91 Å². The summed E-state index contributed by atoms with van der Waals surface area (Å²) in [7, 11) is 0. The Balaban J connectivity index is 2.19. The van der Waals surface area contributed by atoms with Gasteiger partial charge >= 0.3 is 0 Å². The van der Waals surface area contributed by atoms with Crippen LogP contribution in [0.1, 0.15) is 16.1 Å². The molecule has 6 nitrogen and oxygen atoms in total. The molecule has 88 valence electrons. The first-order valence-electron chi connectivity index (χ1n) is 4.99. The van der Waals surface area contributed by atoms with E-state index in [0.29, 0.717) is 29.2 Å². The van der Waals surface area contributed by atoms with Crippen molar-refractivity contribution in [2.45, 2.75) is 6.54 Å². The van der Waals surface area contributed by atoms with E-state index in [9.17, 15) is 4.79 Å². The number of carbonyl (C=O) groups excluding carboxylic acids is 1. The molecule has 0 saturated carbocycles. The molecule has 1 aromatic carbocycles. The number of rotatable bonds is 4. The first-order valence-corrected chi connectivity index (χ1v) is 4.99. The number of hydrogen-bond acceptors (Lipinski definition) is 5. The van der Waals surface area contributed by atoms with Gasteiger partial charge in [-0.25, -0.2) is 0 Å². The Morgan fingerprint density at radius 2 is 2.24 bits per heavy atom. The fourth-order valence-electron chi connectivity index (χ4n) is 1.44. The molecule has 0 unspecified atom stereocenters. The molecule has 17 heavy (non-hydrogen) atoms. The Hall–Kier alpha value is -2.50. The van der Waals surface area contributed by atoms with E-state index in [4.69, 9.17) is 16.0 Å². The predicted octanol–water partition coefficient (Wildman–Crippen LogP) is 0.968. The van der Waals surface area contributed by atoms with E-state index in [-0.39, 0.29) is 0 Å². The summed E-state index contributed by atoms with van der Waals surface area (Å²) in [6.45, 7) is 0.406. The maximum Gasteiger partial charge on any atom is 0.250 e. The molecule has 0 aliphatic rings. The summed E-state index contributed by atoms with van der Waals surface area (Å²) in [5, 5.41) is 6.60. The van der Waals surface area contributed by atoms with Gasteiger partial charge in [0.05, 0.1) is 18.3 Å². The smallest absolute Gasteiger partial charge is 0.250 e. The lowest BCUT2D eigenvalue weighted by atomic mass is 10.1. The Kier molecular flexibility index (Phi) is 2.95. The summed E-state index contributed by atoms with van der Waals surface area (Å²) in [5.41, 5.74) is 12.4. The van der Waals surface area contributed by atoms with Crippen molar-refractivity contribution in [2.24, 2.45) is 5.73 Å². The number of benzene rings is 1. The van der Waals surface area contributed by atoms with E-state index >= 15 is 0 Å². The summed E-state index contributed by atoms with van der Waals surface area (Å²) in [5.74, 6) is 0.146. The quantitative estimate of drug-likeness (QED) is 0.681. The third kappa shape index (κ3) is 2.54. The topological polar surface area (TPSA) is 107 Å². The van der Waals surface area contributed by atoms with Crippen molar-refractivity contribution in [3.8, 4) is 0 Å². The predicted molar refractivity (Wildman–Crippen MR) is 63.2 cm³/mol. The first-order chi connectivity index (χ1) is 8.16. The molecule has 2 aromatic rings. The largest absolute Gasteiger partial charge is 0.399 e. The molecule has 0 fully saturated rings. The van der Waals surface area contributed by atoms with Crippen LogP contribution in [0, 0.1) is 0 Å². The lowest BCUT2D eigenvalue weighted by molar-refractivity contribution is 0.100. The SMILES string of the molecule is NC(=O)c1ccc(N)cc1NCc1ccno1. The summed E-state index contributed by atoms with van der Waals surface area (Å²) >= 11 is 0. The van der Waals surface area contributed by atoms with Gasteiger partial charge in [0.15, 0.2) is 5.76 Å². The third-order valence-corrected chi connectivity index (χ3v) is 2.25. The highest BCUT2D eigenvalue weighted by Crippen LogP contribution is 2.19. The van der Waals surface area contributed by atoms with Crippen molar-refractivity contribution in [3.63, 3.8) is 0 Å². The molecule has 1 heterocycles. The zero-order chi connectivity index (χ0) is 12.3. The van der Waals surface area contributed by atoms with Crippen LogP contribution in [0.5, 0.6) is 0 Å². The van der Waals surface area contributed by atoms with Crippen LogP contribution in [0.25, 0.3) is 0 Å². The Morgan fingerprint density at radius 1 is 1.41 bits per heavy atom. The van der Waals surface area contributed by atoms with Crippen molar-refractivity contribution in [1.29, 1.82) is 0 Å². The van der Waals surface area contributed by atoms with E-state index in [0.717, 1.165) is 0 Å². The van der Waals surface area contributed by atoms with Crippen LogP contribution in [0.15, 0.2) is 35.0 Å². The van der Waals surface area contributed by atoms with Crippen LogP contribution < -0.4 is 16.8 Å². The Morgan fingerprint density at radius 3 is 2.88 bits per heavy atom. The summed E-state index contributed by atoms with van der Waals surface area (Å²) < 4.78 is 4.93. The standard InChI is InChI=1S/C11H12N4O2/c12-7-1-2-9(11(13)16)10(5-7)14-6-8-3-4-15-17-8/h1-5,14H,6,12H2,(H2,13,16). The van der Waals surface area contributed by atoms with E-state index in [1.54, 1.807) is 30.5 Å². The van der Waals surface area contributed by atoms with Gasteiger partial charge in [-0.2, -0.15) is 0 Å². The second-order valence-electron chi connectivity index (χ2n) is 3.50. The number of anilines is 2. The minimum absolute atomic E-state index is 0.388. The molecule has 0 saturated heterocycles. The van der Waals surface area contributed by atoms with Crippen LogP contribution in [0.2, 0.25) is 0 Å². The lowest BCUT2D eigenvalue weighted by Gasteiger charge is -2.09. The summed E-state index contributed by atoms with van der Waals surface area (Å²) in [6.07, 6.45) is 1.55. The van der Waals surface area contributed by atoms with Gasteiger partial charge in [0.2, 0.25) is 0 Å². The molecule has 0 aliphatic heterocycles. The molecular weight excluding hydrogens is 220 g/mol. The number of nitrogen functional groups attached to an aromatic ring is 1. The minimum Gasteiger partial charge on any atom is -0.399 e. The van der Waals surface area contributed by atoms with Gasteiger partial charge in [0, 0.05) is 17.4 Å². The van der Waals surface area contributed by atoms with Gasteiger partial charge in [-0.3, -0.25) is 4.79 Å². The van der Waals surface area contributed by atoms with E-state index < -0.39 is 5.91 Å². The maximum absolute atomic E-state index is 11.2. The van der Waals surface area contributed by atoms with Gasteiger partial charge in [-0.05, 0) is 18.2 Å². The van der Waals surface area contributed by atoms with Gasteiger partial charge in [-0.15, -0.1) is 0 Å². The number of aromatic nitrogens is 1. The van der Waals surface area contributed by atoms with Crippen molar-refractivity contribution in [2.75, 3.05) is 11.1 Å². The average Bonchev–Trinajstić information content (AvgIpc) is 2.78. The molecule has 0 aliphatic carbocycles. The molecular formula is C11H12N4O2. The average molecular weight is 232 g/mol. The third-order valence-electron chi connectivity index (χ3n) is 2.25. The van der Waals surface area contributed by atoms with Crippen LogP contribution in [0.4, 0.5) is 11.4 Å². The molecule has 5 N–H and O–H groups in total. The summed E-state index contributed by atoms with van der Waals surface area (Å²) in [6, 6.07) is 6.58. The normalized spacial score (nSPS) is 10.1. The number of nitrogens with one attached hydrogen (secondary N) is 1. The Labute approximate surface area is 97.6 Å². The molecule has 6 heteroatoms. The fraction of sp³-hybridized carbons (Fsp3) is 0.0909. The summed E-state index contributed by atoms with van der Waals surface area (Å²) in [4.78, 5) is 11.2. The lowest BCUT2D eigenvalue weighted by Crippen LogP contribution is -2.14. The second-order valence-corrected chi connectivity index (χ2v) is 3.50. The van der Waals surface area contributed by atoms with Gasteiger partial charge < -0.3 is 21.3 Å². The minimum atomic E-state index is -0.509. The van der Waals surface area contributed by atoms with E-state index in [2.05, 4.69) is 10.5 Å². The van der Waals surface area contributed by atoms with Crippen molar-refractivity contribution in [1.82, 2.24) is 5.16 Å². The number of hydrogen-bond donors (Lipinski definition) is 3. The molecule has 0 radical (unpaired) electrons. The zero-order valence-electron chi connectivity index (χ0n) is 9.01. The fourth-order valence-corrected chi connectivity index (χ4v) is 1.44. The monoisotopic (exact) mass is 232 g/mol.